The second-order valence-corrected chi connectivity index (χ2v) is 5.79. The third-order valence-corrected chi connectivity index (χ3v) is 3.97. The van der Waals surface area contributed by atoms with Crippen LogP contribution in [0.15, 0.2) is 60.9 Å². The largest absolute Gasteiger partial charge is 0.345 e. The lowest BCUT2D eigenvalue weighted by molar-refractivity contribution is 0.0945. The number of rotatable bonds is 4. The Bertz CT molecular complexity index is 1070. The molecule has 7 nitrogen and oxygen atoms in total. The quantitative estimate of drug-likeness (QED) is 0.614. The first-order valence-corrected chi connectivity index (χ1v) is 8.15. The Labute approximate surface area is 149 Å². The number of aromatic nitrogens is 5. The van der Waals surface area contributed by atoms with Gasteiger partial charge in [0, 0.05) is 13.2 Å². The summed E-state index contributed by atoms with van der Waals surface area (Å²) >= 11 is 0. The van der Waals surface area contributed by atoms with Crippen molar-refractivity contribution >= 4 is 16.9 Å². The van der Waals surface area contributed by atoms with E-state index in [4.69, 9.17) is 0 Å². The molecular weight excluding hydrogens is 328 g/mol. The van der Waals surface area contributed by atoms with Crippen LogP contribution in [0.4, 0.5) is 0 Å². The van der Waals surface area contributed by atoms with Crippen molar-refractivity contribution in [2.75, 3.05) is 0 Å². The van der Waals surface area contributed by atoms with Crippen molar-refractivity contribution in [3.63, 3.8) is 0 Å². The maximum absolute atomic E-state index is 12.4. The summed E-state index contributed by atoms with van der Waals surface area (Å²) in [6.07, 6.45) is 3.22. The van der Waals surface area contributed by atoms with Gasteiger partial charge in [-0.1, -0.05) is 18.2 Å². The molecule has 0 radical (unpaired) electrons. The highest BCUT2D eigenvalue weighted by Crippen LogP contribution is 2.17. The first kappa shape index (κ1) is 15.9. The van der Waals surface area contributed by atoms with Crippen molar-refractivity contribution in [2.45, 2.75) is 6.54 Å². The zero-order chi connectivity index (χ0) is 17.9. The van der Waals surface area contributed by atoms with Crippen molar-refractivity contribution in [3.8, 4) is 11.4 Å². The molecule has 1 aromatic carbocycles. The van der Waals surface area contributed by atoms with Crippen molar-refractivity contribution < 1.29 is 4.79 Å². The second kappa shape index (κ2) is 6.72. The number of nitrogens with zero attached hydrogens (tertiary/aromatic N) is 5. The van der Waals surface area contributed by atoms with Crippen molar-refractivity contribution in [1.29, 1.82) is 0 Å². The number of nitrogens with one attached hydrogen (secondary N) is 1. The summed E-state index contributed by atoms with van der Waals surface area (Å²) in [4.78, 5) is 25.3. The van der Waals surface area contributed by atoms with Crippen LogP contribution in [0.1, 0.15) is 16.2 Å². The van der Waals surface area contributed by atoms with E-state index >= 15 is 0 Å². The minimum absolute atomic E-state index is 0.282. The summed E-state index contributed by atoms with van der Waals surface area (Å²) < 4.78 is 1.75. The molecule has 0 bridgehead atoms. The van der Waals surface area contributed by atoms with E-state index in [-0.39, 0.29) is 11.6 Å². The van der Waals surface area contributed by atoms with E-state index in [0.29, 0.717) is 12.1 Å². The highest BCUT2D eigenvalue weighted by atomic mass is 16.1. The molecule has 0 spiro atoms. The molecule has 4 rings (SSSR count). The standard InChI is InChI=1S/C19H16N6O/c1-25-18(16-8-4-5-9-20-16)10-13(24-25)11-22-19(26)17-12-21-14-6-2-3-7-15(14)23-17/h2-10,12H,11H2,1H3,(H,22,26). The fraction of sp³-hybridized carbons (Fsp3) is 0.105. The zero-order valence-corrected chi connectivity index (χ0v) is 14.1. The van der Waals surface area contributed by atoms with Gasteiger partial charge in [0.25, 0.3) is 5.91 Å². The van der Waals surface area contributed by atoms with Crippen LogP contribution in [-0.4, -0.2) is 30.6 Å². The van der Waals surface area contributed by atoms with Crippen LogP contribution >= 0.6 is 0 Å². The number of fused-ring (bicyclic) bond motifs is 1. The van der Waals surface area contributed by atoms with Crippen molar-refractivity contribution in [3.05, 3.63) is 72.3 Å². The molecule has 0 saturated heterocycles. The second-order valence-electron chi connectivity index (χ2n) is 5.79. The lowest BCUT2D eigenvalue weighted by Crippen LogP contribution is -2.24. The predicted molar refractivity (Wildman–Crippen MR) is 97.1 cm³/mol. The molecule has 0 unspecified atom stereocenters. The molecule has 0 aliphatic rings. The van der Waals surface area contributed by atoms with Gasteiger partial charge in [0.15, 0.2) is 0 Å². The van der Waals surface area contributed by atoms with Gasteiger partial charge < -0.3 is 5.32 Å². The first-order valence-electron chi connectivity index (χ1n) is 8.15. The van der Waals surface area contributed by atoms with Crippen LogP contribution < -0.4 is 5.32 Å². The minimum Gasteiger partial charge on any atom is -0.345 e. The predicted octanol–water partition coefficient (Wildman–Crippen LogP) is 2.36. The van der Waals surface area contributed by atoms with E-state index in [1.54, 1.807) is 10.9 Å². The summed E-state index contributed by atoms with van der Waals surface area (Å²) in [5.41, 5.74) is 4.20. The topological polar surface area (TPSA) is 85.6 Å². The average molecular weight is 344 g/mol. The van der Waals surface area contributed by atoms with Gasteiger partial charge in [-0.15, -0.1) is 0 Å². The molecule has 128 valence electrons. The molecule has 7 heteroatoms. The highest BCUT2D eigenvalue weighted by Gasteiger charge is 2.12. The van der Waals surface area contributed by atoms with Gasteiger partial charge in [-0.2, -0.15) is 5.10 Å². The number of amides is 1. The van der Waals surface area contributed by atoms with E-state index < -0.39 is 0 Å². The van der Waals surface area contributed by atoms with Gasteiger partial charge in [0.2, 0.25) is 0 Å². The number of carbonyl (C=O) groups excluding carboxylic acids is 1. The van der Waals surface area contributed by atoms with E-state index in [1.807, 2.05) is 55.6 Å². The highest BCUT2D eigenvalue weighted by molar-refractivity contribution is 5.93. The lowest BCUT2D eigenvalue weighted by Gasteiger charge is -2.03. The fourth-order valence-electron chi connectivity index (χ4n) is 2.70. The lowest BCUT2D eigenvalue weighted by atomic mass is 10.2. The number of hydrogen-bond acceptors (Lipinski definition) is 5. The average Bonchev–Trinajstić information content (AvgIpc) is 3.07. The summed E-state index contributed by atoms with van der Waals surface area (Å²) in [6, 6.07) is 15.1. The molecule has 3 heterocycles. The van der Waals surface area contributed by atoms with Gasteiger partial charge in [-0.05, 0) is 30.3 Å². The normalized spacial score (nSPS) is 10.8. The van der Waals surface area contributed by atoms with E-state index in [0.717, 1.165) is 22.6 Å². The van der Waals surface area contributed by atoms with E-state index in [1.165, 1.54) is 6.20 Å². The number of pyridine rings is 1. The molecule has 0 aliphatic heterocycles. The Balaban J connectivity index is 1.49. The van der Waals surface area contributed by atoms with Crippen LogP contribution in [0.25, 0.3) is 22.4 Å². The van der Waals surface area contributed by atoms with Gasteiger partial charge in [0.05, 0.1) is 40.9 Å². The molecule has 0 saturated carbocycles. The third kappa shape index (κ3) is 3.14. The smallest absolute Gasteiger partial charge is 0.271 e. The van der Waals surface area contributed by atoms with Crippen LogP contribution in [0.5, 0.6) is 0 Å². The van der Waals surface area contributed by atoms with Gasteiger partial charge in [-0.3, -0.25) is 19.4 Å². The van der Waals surface area contributed by atoms with Crippen molar-refractivity contribution in [1.82, 2.24) is 30.0 Å². The summed E-state index contributed by atoms with van der Waals surface area (Å²) in [5, 5.41) is 7.26. The Hall–Kier alpha value is -3.61. The number of aryl methyl sites for hydroxylation is 1. The first-order chi connectivity index (χ1) is 12.7. The minimum atomic E-state index is -0.284. The van der Waals surface area contributed by atoms with E-state index in [9.17, 15) is 4.79 Å². The van der Waals surface area contributed by atoms with Crippen LogP contribution in [0.3, 0.4) is 0 Å². The molecule has 3 aromatic heterocycles. The molecule has 1 N–H and O–H groups in total. The van der Waals surface area contributed by atoms with Gasteiger partial charge in [0.1, 0.15) is 5.69 Å². The SMILES string of the molecule is Cn1nc(CNC(=O)c2cnc3ccccc3n2)cc1-c1ccccn1. The van der Waals surface area contributed by atoms with Crippen LogP contribution in [0.2, 0.25) is 0 Å². The Morgan fingerprint density at radius 1 is 1.08 bits per heavy atom. The molecular formula is C19H16N6O. The monoisotopic (exact) mass is 344 g/mol. The maximum atomic E-state index is 12.4. The number of para-hydroxylation sites is 2. The van der Waals surface area contributed by atoms with Gasteiger partial charge >= 0.3 is 0 Å². The van der Waals surface area contributed by atoms with Crippen molar-refractivity contribution in [2.24, 2.45) is 7.05 Å². The number of hydrogen-bond donors (Lipinski definition) is 1. The zero-order valence-electron chi connectivity index (χ0n) is 14.1. The molecule has 26 heavy (non-hydrogen) atoms. The molecule has 0 fully saturated rings. The Morgan fingerprint density at radius 3 is 2.69 bits per heavy atom. The van der Waals surface area contributed by atoms with Crippen LogP contribution in [0, 0.1) is 0 Å². The number of carbonyl (C=O) groups is 1. The Kier molecular flexibility index (Phi) is 4.10. The third-order valence-electron chi connectivity index (χ3n) is 3.97. The molecule has 0 aliphatic carbocycles. The fourth-order valence-corrected chi connectivity index (χ4v) is 2.70. The Morgan fingerprint density at radius 2 is 1.88 bits per heavy atom. The summed E-state index contributed by atoms with van der Waals surface area (Å²) in [7, 11) is 1.85. The van der Waals surface area contributed by atoms with Crippen LogP contribution in [-0.2, 0) is 13.6 Å². The summed E-state index contributed by atoms with van der Waals surface area (Å²) in [6.45, 7) is 0.300. The molecule has 0 atom stereocenters. The molecule has 1 amide bonds. The summed E-state index contributed by atoms with van der Waals surface area (Å²) in [5.74, 6) is -0.284. The maximum Gasteiger partial charge on any atom is 0.271 e. The van der Waals surface area contributed by atoms with Gasteiger partial charge in [-0.25, -0.2) is 4.98 Å². The number of benzene rings is 1. The van der Waals surface area contributed by atoms with E-state index in [2.05, 4.69) is 25.4 Å². The molecule has 4 aromatic rings.